The maximum Gasteiger partial charge on any atom is 0.243 e. The molecule has 0 spiro atoms. The van der Waals surface area contributed by atoms with E-state index in [1.54, 1.807) is 18.3 Å². The molecule has 3 aromatic rings. The third-order valence-corrected chi connectivity index (χ3v) is 3.91. The second kappa shape index (κ2) is 6.84. The van der Waals surface area contributed by atoms with Gasteiger partial charge in [-0.25, -0.2) is 19.8 Å². The van der Waals surface area contributed by atoms with Crippen LogP contribution < -0.4 is 5.43 Å². The Bertz CT molecular complexity index is 905. The predicted octanol–water partition coefficient (Wildman–Crippen LogP) is 4.09. The van der Waals surface area contributed by atoms with Crippen molar-refractivity contribution in [2.75, 3.05) is 5.43 Å². The molecule has 0 saturated carbocycles. The average Bonchev–Trinajstić information content (AvgIpc) is 2.82. The highest BCUT2D eigenvalue weighted by molar-refractivity contribution is 5.82. The lowest BCUT2D eigenvalue weighted by Gasteiger charge is -2.09. The van der Waals surface area contributed by atoms with E-state index in [-0.39, 0.29) is 5.82 Å². The van der Waals surface area contributed by atoms with Crippen LogP contribution in [0.5, 0.6) is 0 Å². The number of nitrogens with zero attached hydrogens (tertiary/aromatic N) is 4. The zero-order valence-electron chi connectivity index (χ0n) is 14.7. The number of nitrogens with one attached hydrogen (secondary N) is 1. The smallest absolute Gasteiger partial charge is 0.243 e. The maximum atomic E-state index is 13.1. The van der Waals surface area contributed by atoms with Crippen molar-refractivity contribution < 1.29 is 4.39 Å². The van der Waals surface area contributed by atoms with Gasteiger partial charge in [-0.05, 0) is 64.1 Å². The molecule has 0 unspecified atom stereocenters. The first-order chi connectivity index (χ1) is 11.9. The lowest BCUT2D eigenvalue weighted by molar-refractivity contribution is 0.627. The van der Waals surface area contributed by atoms with Gasteiger partial charge >= 0.3 is 0 Å². The molecule has 0 fully saturated rings. The Labute approximate surface area is 146 Å². The minimum absolute atomic E-state index is 0.245. The summed E-state index contributed by atoms with van der Waals surface area (Å²) in [6.45, 7) is 7.85. The fourth-order valence-corrected chi connectivity index (χ4v) is 2.84. The Morgan fingerprint density at radius 3 is 2.28 bits per heavy atom. The van der Waals surface area contributed by atoms with Crippen LogP contribution in [0.4, 0.5) is 10.3 Å². The molecule has 1 N–H and O–H groups in total. The molecule has 2 heterocycles. The number of aryl methyl sites for hydroxylation is 3. The van der Waals surface area contributed by atoms with E-state index >= 15 is 0 Å². The van der Waals surface area contributed by atoms with E-state index < -0.39 is 0 Å². The van der Waals surface area contributed by atoms with Crippen molar-refractivity contribution in [3.63, 3.8) is 0 Å². The molecule has 0 aliphatic rings. The van der Waals surface area contributed by atoms with Crippen molar-refractivity contribution in [1.29, 1.82) is 0 Å². The van der Waals surface area contributed by atoms with Gasteiger partial charge in [-0.15, -0.1) is 0 Å². The van der Waals surface area contributed by atoms with E-state index in [0.717, 1.165) is 34.0 Å². The lowest BCUT2D eigenvalue weighted by Crippen LogP contribution is -2.01. The summed E-state index contributed by atoms with van der Waals surface area (Å²) in [5.41, 5.74) is 8.61. The predicted molar refractivity (Wildman–Crippen MR) is 97.9 cm³/mol. The molecule has 0 aliphatic carbocycles. The van der Waals surface area contributed by atoms with E-state index in [1.165, 1.54) is 12.1 Å². The summed E-state index contributed by atoms with van der Waals surface area (Å²) < 4.78 is 15.2. The summed E-state index contributed by atoms with van der Waals surface area (Å²) in [7, 11) is 0. The van der Waals surface area contributed by atoms with Gasteiger partial charge in [0.15, 0.2) is 0 Å². The molecule has 128 valence electrons. The molecule has 0 radical (unpaired) electrons. The number of aromatic nitrogens is 3. The molecule has 25 heavy (non-hydrogen) atoms. The molecule has 0 bridgehead atoms. The van der Waals surface area contributed by atoms with E-state index in [9.17, 15) is 4.39 Å². The molecule has 0 aliphatic heterocycles. The molecule has 5 nitrogen and oxygen atoms in total. The Balaban J connectivity index is 1.84. The van der Waals surface area contributed by atoms with Crippen LogP contribution in [0.2, 0.25) is 0 Å². The third-order valence-electron chi connectivity index (χ3n) is 3.91. The fourth-order valence-electron chi connectivity index (χ4n) is 2.84. The highest BCUT2D eigenvalue weighted by Gasteiger charge is 2.09. The van der Waals surface area contributed by atoms with Crippen molar-refractivity contribution >= 4 is 12.2 Å². The van der Waals surface area contributed by atoms with Crippen LogP contribution >= 0.6 is 0 Å². The zero-order chi connectivity index (χ0) is 18.0. The topological polar surface area (TPSA) is 55.1 Å². The summed E-state index contributed by atoms with van der Waals surface area (Å²) in [6, 6.07) is 10.4. The number of hydrogen-bond donors (Lipinski definition) is 1. The molecule has 0 atom stereocenters. The SMILES string of the molecule is Cc1cc(C)nc(N/N=C/c2cc(C)n(-c3ccc(F)cc3)c2C)n1. The van der Waals surface area contributed by atoms with Gasteiger partial charge in [0.05, 0.1) is 6.21 Å². The van der Waals surface area contributed by atoms with Gasteiger partial charge < -0.3 is 4.57 Å². The molecular formula is C19H20FN5. The van der Waals surface area contributed by atoms with Crippen molar-refractivity contribution in [3.05, 3.63) is 70.6 Å². The first kappa shape index (κ1) is 16.8. The number of rotatable bonds is 4. The van der Waals surface area contributed by atoms with Gasteiger partial charge in [0, 0.05) is 34.0 Å². The first-order valence-corrected chi connectivity index (χ1v) is 8.00. The first-order valence-electron chi connectivity index (χ1n) is 8.00. The van der Waals surface area contributed by atoms with E-state index in [1.807, 2.05) is 39.8 Å². The van der Waals surface area contributed by atoms with Gasteiger partial charge in [0.2, 0.25) is 5.95 Å². The van der Waals surface area contributed by atoms with Crippen LogP contribution in [-0.4, -0.2) is 20.7 Å². The second-order valence-corrected chi connectivity index (χ2v) is 5.98. The lowest BCUT2D eigenvalue weighted by atomic mass is 10.2. The molecular weight excluding hydrogens is 317 g/mol. The summed E-state index contributed by atoms with van der Waals surface area (Å²) >= 11 is 0. The van der Waals surface area contributed by atoms with E-state index in [4.69, 9.17) is 0 Å². The molecule has 2 aromatic heterocycles. The summed E-state index contributed by atoms with van der Waals surface area (Å²) in [6.07, 6.45) is 1.74. The second-order valence-electron chi connectivity index (χ2n) is 5.98. The molecule has 0 saturated heterocycles. The normalized spacial score (nSPS) is 11.2. The van der Waals surface area contributed by atoms with Crippen molar-refractivity contribution in [2.45, 2.75) is 27.7 Å². The van der Waals surface area contributed by atoms with Gasteiger partial charge in [0.25, 0.3) is 0 Å². The number of hydrogen-bond acceptors (Lipinski definition) is 4. The van der Waals surface area contributed by atoms with Gasteiger partial charge in [0.1, 0.15) is 5.82 Å². The summed E-state index contributed by atoms with van der Waals surface area (Å²) in [5, 5.41) is 4.24. The third kappa shape index (κ3) is 3.74. The molecule has 3 rings (SSSR count). The highest BCUT2D eigenvalue weighted by atomic mass is 19.1. The van der Waals surface area contributed by atoms with Crippen molar-refractivity contribution in [3.8, 4) is 5.69 Å². The van der Waals surface area contributed by atoms with E-state index in [0.29, 0.717) is 5.95 Å². The Morgan fingerprint density at radius 1 is 1.00 bits per heavy atom. The summed E-state index contributed by atoms with van der Waals surface area (Å²) in [4.78, 5) is 8.58. The Hall–Kier alpha value is -3.02. The van der Waals surface area contributed by atoms with E-state index in [2.05, 4.69) is 25.1 Å². The number of halogens is 1. The minimum atomic E-state index is -0.245. The fraction of sp³-hybridized carbons (Fsp3) is 0.211. The summed E-state index contributed by atoms with van der Waals surface area (Å²) in [5.74, 6) is 0.228. The number of anilines is 1. The van der Waals surface area contributed by atoms with Crippen molar-refractivity contribution in [1.82, 2.24) is 14.5 Å². The Kier molecular flexibility index (Phi) is 4.61. The number of benzene rings is 1. The Morgan fingerprint density at radius 2 is 1.64 bits per heavy atom. The molecule has 0 amide bonds. The van der Waals surface area contributed by atoms with Crippen LogP contribution in [0.3, 0.4) is 0 Å². The van der Waals surface area contributed by atoms with Crippen LogP contribution in [0.1, 0.15) is 28.3 Å². The van der Waals surface area contributed by atoms with Crippen molar-refractivity contribution in [2.24, 2.45) is 5.10 Å². The average molecular weight is 337 g/mol. The minimum Gasteiger partial charge on any atom is -0.318 e. The largest absolute Gasteiger partial charge is 0.318 e. The maximum absolute atomic E-state index is 13.1. The highest BCUT2D eigenvalue weighted by Crippen LogP contribution is 2.20. The monoisotopic (exact) mass is 337 g/mol. The molecule has 1 aromatic carbocycles. The van der Waals surface area contributed by atoms with Gasteiger partial charge in [-0.1, -0.05) is 0 Å². The molecule has 6 heteroatoms. The van der Waals surface area contributed by atoms with Crippen LogP contribution in [0, 0.1) is 33.5 Å². The van der Waals surface area contributed by atoms with Crippen LogP contribution in [0.25, 0.3) is 5.69 Å². The van der Waals surface area contributed by atoms with Gasteiger partial charge in [-0.2, -0.15) is 5.10 Å². The van der Waals surface area contributed by atoms with Gasteiger partial charge in [-0.3, -0.25) is 0 Å². The number of hydrazone groups is 1. The quantitative estimate of drug-likeness (QED) is 0.576. The van der Waals surface area contributed by atoms with Crippen LogP contribution in [-0.2, 0) is 0 Å². The van der Waals surface area contributed by atoms with Crippen LogP contribution in [0.15, 0.2) is 41.5 Å². The zero-order valence-corrected chi connectivity index (χ0v) is 14.7. The standard InChI is InChI=1S/C19H20FN5/c1-12-9-13(2)23-19(22-12)24-21-11-16-10-14(3)25(15(16)4)18-7-5-17(20)6-8-18/h5-11H,1-4H3,(H,22,23,24)/b21-11+.